The van der Waals surface area contributed by atoms with Gasteiger partial charge in [0.15, 0.2) is 0 Å². The quantitative estimate of drug-likeness (QED) is 0.924. The Balaban J connectivity index is 2.16. The van der Waals surface area contributed by atoms with Gasteiger partial charge in [-0.05, 0) is 36.8 Å². The Morgan fingerprint density at radius 2 is 2.16 bits per heavy atom. The smallest absolute Gasteiger partial charge is 0.256 e. The fourth-order valence-electron chi connectivity index (χ4n) is 1.46. The predicted molar refractivity (Wildman–Crippen MR) is 75.8 cm³/mol. The number of anilines is 1. The van der Waals surface area contributed by atoms with E-state index in [0.29, 0.717) is 16.9 Å². The Labute approximate surface area is 119 Å². The largest absolute Gasteiger partial charge is 0.307 e. The van der Waals surface area contributed by atoms with Gasteiger partial charge in [0.25, 0.3) is 5.91 Å². The lowest BCUT2D eigenvalue weighted by atomic mass is 10.1. The van der Waals surface area contributed by atoms with E-state index in [2.05, 4.69) is 26.2 Å². The SMILES string of the molecule is Cc1ccc(C(=O)Nc2ccc(C#N)cn2)cc1Br. The third kappa shape index (κ3) is 3.18. The number of carbonyl (C=O) groups is 1. The monoisotopic (exact) mass is 315 g/mol. The van der Waals surface area contributed by atoms with E-state index in [-0.39, 0.29) is 5.91 Å². The third-order valence-electron chi connectivity index (χ3n) is 2.57. The molecule has 19 heavy (non-hydrogen) atoms. The minimum Gasteiger partial charge on any atom is -0.307 e. The fraction of sp³-hybridized carbons (Fsp3) is 0.0714. The summed E-state index contributed by atoms with van der Waals surface area (Å²) in [5.74, 6) is 0.179. The van der Waals surface area contributed by atoms with Crippen LogP contribution in [0.4, 0.5) is 5.82 Å². The number of halogens is 1. The molecular weight excluding hydrogens is 306 g/mol. The van der Waals surface area contributed by atoms with Crippen molar-refractivity contribution < 1.29 is 4.79 Å². The Bertz CT molecular complexity index is 659. The van der Waals surface area contributed by atoms with Crippen molar-refractivity contribution in [1.29, 1.82) is 5.26 Å². The second kappa shape index (κ2) is 5.63. The summed E-state index contributed by atoms with van der Waals surface area (Å²) < 4.78 is 0.882. The van der Waals surface area contributed by atoms with Crippen LogP contribution in [0.2, 0.25) is 0 Å². The van der Waals surface area contributed by atoms with Crippen LogP contribution in [0.1, 0.15) is 21.5 Å². The molecule has 1 aromatic heterocycles. The minimum atomic E-state index is -0.238. The molecule has 0 aliphatic rings. The third-order valence-corrected chi connectivity index (χ3v) is 3.42. The van der Waals surface area contributed by atoms with E-state index in [4.69, 9.17) is 5.26 Å². The van der Waals surface area contributed by atoms with Gasteiger partial charge in [-0.15, -0.1) is 0 Å². The van der Waals surface area contributed by atoms with E-state index in [1.54, 1.807) is 24.3 Å². The van der Waals surface area contributed by atoms with Crippen molar-refractivity contribution in [3.63, 3.8) is 0 Å². The first-order chi connectivity index (χ1) is 9.10. The van der Waals surface area contributed by atoms with Gasteiger partial charge in [-0.1, -0.05) is 22.0 Å². The average Bonchev–Trinajstić information content (AvgIpc) is 2.42. The molecule has 0 atom stereocenters. The van der Waals surface area contributed by atoms with E-state index < -0.39 is 0 Å². The molecule has 0 saturated carbocycles. The van der Waals surface area contributed by atoms with Crippen LogP contribution in [0.15, 0.2) is 41.0 Å². The van der Waals surface area contributed by atoms with E-state index in [9.17, 15) is 4.79 Å². The van der Waals surface area contributed by atoms with Crippen molar-refractivity contribution in [2.45, 2.75) is 6.92 Å². The highest BCUT2D eigenvalue weighted by Gasteiger charge is 2.08. The van der Waals surface area contributed by atoms with E-state index in [1.165, 1.54) is 6.20 Å². The Morgan fingerprint density at radius 1 is 1.37 bits per heavy atom. The number of carbonyl (C=O) groups excluding carboxylic acids is 1. The number of nitrogens with one attached hydrogen (secondary N) is 1. The molecule has 5 heteroatoms. The summed E-state index contributed by atoms with van der Waals surface area (Å²) in [4.78, 5) is 16.0. The maximum absolute atomic E-state index is 12.0. The van der Waals surface area contributed by atoms with Gasteiger partial charge < -0.3 is 5.32 Å². The zero-order valence-corrected chi connectivity index (χ0v) is 11.7. The molecule has 0 aliphatic heterocycles. The van der Waals surface area contributed by atoms with Crippen LogP contribution < -0.4 is 5.32 Å². The first kappa shape index (κ1) is 13.2. The maximum atomic E-state index is 12.0. The number of hydrogen-bond acceptors (Lipinski definition) is 3. The molecular formula is C14H10BrN3O. The van der Waals surface area contributed by atoms with E-state index >= 15 is 0 Å². The summed E-state index contributed by atoms with van der Waals surface area (Å²) in [6.45, 7) is 1.95. The molecule has 0 fully saturated rings. The molecule has 0 bridgehead atoms. The van der Waals surface area contributed by atoms with Crippen LogP contribution in [-0.4, -0.2) is 10.9 Å². The Morgan fingerprint density at radius 3 is 2.74 bits per heavy atom. The first-order valence-electron chi connectivity index (χ1n) is 5.54. The van der Waals surface area contributed by atoms with Gasteiger partial charge in [-0.2, -0.15) is 5.26 Å². The average molecular weight is 316 g/mol. The van der Waals surface area contributed by atoms with Crippen LogP contribution in [0.25, 0.3) is 0 Å². The molecule has 1 heterocycles. The molecule has 2 aromatic rings. The number of amides is 1. The van der Waals surface area contributed by atoms with Gasteiger partial charge in [0.1, 0.15) is 11.9 Å². The Kier molecular flexibility index (Phi) is 3.93. The van der Waals surface area contributed by atoms with Crippen molar-refractivity contribution >= 4 is 27.7 Å². The van der Waals surface area contributed by atoms with E-state index in [1.807, 2.05) is 19.1 Å². The van der Waals surface area contributed by atoms with Gasteiger partial charge in [-0.25, -0.2) is 4.98 Å². The number of hydrogen-bond donors (Lipinski definition) is 1. The van der Waals surface area contributed by atoms with Crippen LogP contribution in [0.5, 0.6) is 0 Å². The molecule has 2 rings (SSSR count). The molecule has 94 valence electrons. The maximum Gasteiger partial charge on any atom is 0.256 e. The summed E-state index contributed by atoms with van der Waals surface area (Å²) in [6, 6.07) is 10.5. The molecule has 0 saturated heterocycles. The summed E-state index contributed by atoms with van der Waals surface area (Å²) in [6.07, 6.45) is 1.42. The summed E-state index contributed by atoms with van der Waals surface area (Å²) in [5, 5.41) is 11.3. The molecule has 0 radical (unpaired) electrons. The van der Waals surface area contributed by atoms with Crippen LogP contribution in [0.3, 0.4) is 0 Å². The minimum absolute atomic E-state index is 0.238. The van der Waals surface area contributed by atoms with E-state index in [0.717, 1.165) is 10.0 Å². The number of pyridine rings is 1. The van der Waals surface area contributed by atoms with Gasteiger partial charge in [0, 0.05) is 16.2 Å². The second-order valence-electron chi connectivity index (χ2n) is 3.96. The van der Waals surface area contributed by atoms with Gasteiger partial charge in [0.2, 0.25) is 0 Å². The highest BCUT2D eigenvalue weighted by molar-refractivity contribution is 9.10. The number of nitriles is 1. The number of nitrogens with zero attached hydrogens (tertiary/aromatic N) is 2. The molecule has 1 aromatic carbocycles. The number of aromatic nitrogens is 1. The molecule has 0 unspecified atom stereocenters. The topological polar surface area (TPSA) is 65.8 Å². The fourth-order valence-corrected chi connectivity index (χ4v) is 1.84. The van der Waals surface area contributed by atoms with Crippen molar-refractivity contribution in [3.8, 4) is 6.07 Å². The lowest BCUT2D eigenvalue weighted by molar-refractivity contribution is 0.102. The molecule has 0 aliphatic carbocycles. The highest BCUT2D eigenvalue weighted by Crippen LogP contribution is 2.18. The summed E-state index contributed by atoms with van der Waals surface area (Å²) >= 11 is 3.39. The zero-order valence-electron chi connectivity index (χ0n) is 10.1. The molecule has 4 nitrogen and oxygen atoms in total. The summed E-state index contributed by atoms with van der Waals surface area (Å²) in [5.41, 5.74) is 2.06. The van der Waals surface area contributed by atoms with Crippen molar-refractivity contribution in [3.05, 3.63) is 57.7 Å². The Hall–Kier alpha value is -2.19. The predicted octanol–water partition coefficient (Wildman–Crippen LogP) is 3.28. The number of rotatable bonds is 2. The molecule has 0 spiro atoms. The van der Waals surface area contributed by atoms with Crippen molar-refractivity contribution in [1.82, 2.24) is 4.98 Å². The standard InChI is InChI=1S/C14H10BrN3O/c1-9-2-4-11(6-12(9)15)14(19)18-13-5-3-10(7-16)8-17-13/h2-6,8H,1H3,(H,17,18,19). The lowest BCUT2D eigenvalue weighted by Gasteiger charge is -2.06. The van der Waals surface area contributed by atoms with Crippen molar-refractivity contribution in [2.24, 2.45) is 0 Å². The highest BCUT2D eigenvalue weighted by atomic mass is 79.9. The lowest BCUT2D eigenvalue weighted by Crippen LogP contribution is -2.13. The second-order valence-corrected chi connectivity index (χ2v) is 4.82. The summed E-state index contributed by atoms with van der Waals surface area (Å²) in [7, 11) is 0. The van der Waals surface area contributed by atoms with Gasteiger partial charge in [-0.3, -0.25) is 4.79 Å². The van der Waals surface area contributed by atoms with Crippen molar-refractivity contribution in [2.75, 3.05) is 5.32 Å². The number of aryl methyl sites for hydroxylation is 1. The van der Waals surface area contributed by atoms with Crippen LogP contribution >= 0.6 is 15.9 Å². The van der Waals surface area contributed by atoms with Gasteiger partial charge >= 0.3 is 0 Å². The van der Waals surface area contributed by atoms with Crippen LogP contribution in [0, 0.1) is 18.3 Å². The molecule has 1 amide bonds. The van der Waals surface area contributed by atoms with Gasteiger partial charge in [0.05, 0.1) is 5.56 Å². The van der Waals surface area contributed by atoms with Crippen LogP contribution in [-0.2, 0) is 0 Å². The normalized spacial score (nSPS) is 9.74. The zero-order chi connectivity index (χ0) is 13.8. The molecule has 1 N–H and O–H groups in total. The number of benzene rings is 1. The first-order valence-corrected chi connectivity index (χ1v) is 6.33.